The fourth-order valence-electron chi connectivity index (χ4n) is 3.25. The van der Waals surface area contributed by atoms with Gasteiger partial charge in [0.2, 0.25) is 0 Å². The van der Waals surface area contributed by atoms with Gasteiger partial charge in [-0.25, -0.2) is 23.1 Å². The molecule has 3 N–H and O–H groups in total. The molecule has 0 fully saturated rings. The number of benzene rings is 3. The molecule has 0 radical (unpaired) electrons. The van der Waals surface area contributed by atoms with Crippen LogP contribution < -0.4 is 5.32 Å². The Kier molecular flexibility index (Phi) is 5.86. The normalized spacial score (nSPS) is 10.7. The monoisotopic (exact) mass is 449 g/mol. The Balaban J connectivity index is 1.69. The topological polar surface area (TPSA) is 104 Å². The third-order valence-corrected chi connectivity index (χ3v) is 4.98. The summed E-state index contributed by atoms with van der Waals surface area (Å²) >= 11 is 0. The molecule has 0 aliphatic carbocycles. The smallest absolute Gasteiger partial charge is 0.335 e. The van der Waals surface area contributed by atoms with Crippen LogP contribution in [0.2, 0.25) is 0 Å². The number of carbonyl (C=O) groups is 2. The first-order valence-electron chi connectivity index (χ1n) is 9.77. The average Bonchev–Trinajstić information content (AvgIpc) is 3.24. The minimum Gasteiger partial charge on any atom is -0.478 e. The van der Waals surface area contributed by atoms with E-state index < -0.39 is 23.6 Å². The molecule has 3 aromatic carbocycles. The van der Waals surface area contributed by atoms with E-state index in [1.807, 2.05) is 0 Å². The number of hydrogen-bond acceptors (Lipinski definition) is 4. The van der Waals surface area contributed by atoms with Gasteiger partial charge in [0.1, 0.15) is 0 Å². The summed E-state index contributed by atoms with van der Waals surface area (Å²) in [4.78, 5) is 22.3. The van der Waals surface area contributed by atoms with Gasteiger partial charge in [0, 0.05) is 35.6 Å². The summed E-state index contributed by atoms with van der Waals surface area (Å²) in [6.45, 7) is 0.217. The van der Waals surface area contributed by atoms with Crippen LogP contribution >= 0.6 is 0 Å². The van der Waals surface area contributed by atoms with E-state index in [0.717, 1.165) is 12.1 Å². The lowest BCUT2D eigenvalue weighted by molar-refractivity contribution is 0.0686. The summed E-state index contributed by atoms with van der Waals surface area (Å²) in [7, 11) is 0. The van der Waals surface area contributed by atoms with Gasteiger partial charge in [-0.3, -0.25) is 0 Å². The first-order valence-corrected chi connectivity index (χ1v) is 9.77. The molecule has 7 nitrogen and oxygen atoms in total. The second-order valence-electron chi connectivity index (χ2n) is 7.16. The number of halogens is 2. The first kappa shape index (κ1) is 21.7. The van der Waals surface area contributed by atoms with Crippen LogP contribution in [-0.2, 0) is 6.54 Å². The van der Waals surface area contributed by atoms with Gasteiger partial charge in [0.25, 0.3) is 0 Å². The minimum atomic E-state index is -1.05. The number of aromatic carboxylic acids is 2. The summed E-state index contributed by atoms with van der Waals surface area (Å²) in [5.41, 5.74) is 3.15. The molecule has 9 heteroatoms. The first-order chi connectivity index (χ1) is 15.8. The molecule has 0 saturated carbocycles. The maximum atomic E-state index is 13.5. The molecule has 166 valence electrons. The molecule has 0 aliphatic rings. The highest BCUT2D eigenvalue weighted by atomic mass is 19.2. The lowest BCUT2D eigenvalue weighted by atomic mass is 10.1. The van der Waals surface area contributed by atoms with Crippen LogP contribution in [0.1, 0.15) is 26.3 Å². The van der Waals surface area contributed by atoms with E-state index in [9.17, 15) is 18.4 Å². The van der Waals surface area contributed by atoms with Crippen molar-refractivity contribution in [3.63, 3.8) is 0 Å². The molecule has 0 unspecified atom stereocenters. The quantitative estimate of drug-likeness (QED) is 0.374. The molecule has 0 aliphatic heterocycles. The molecule has 4 rings (SSSR count). The van der Waals surface area contributed by atoms with Crippen molar-refractivity contribution in [3.05, 3.63) is 101 Å². The van der Waals surface area contributed by atoms with Crippen molar-refractivity contribution in [2.75, 3.05) is 5.32 Å². The zero-order valence-electron chi connectivity index (χ0n) is 17.0. The van der Waals surface area contributed by atoms with Gasteiger partial charge in [-0.15, -0.1) is 0 Å². The lowest BCUT2D eigenvalue weighted by Crippen LogP contribution is -2.01. The highest BCUT2D eigenvalue weighted by molar-refractivity contribution is 5.88. The Morgan fingerprint density at radius 2 is 1.45 bits per heavy atom. The number of aromatic nitrogens is 2. The zero-order valence-corrected chi connectivity index (χ0v) is 17.0. The second-order valence-corrected chi connectivity index (χ2v) is 7.16. The van der Waals surface area contributed by atoms with E-state index in [1.54, 1.807) is 35.1 Å². The van der Waals surface area contributed by atoms with Crippen LogP contribution in [0.15, 0.2) is 72.9 Å². The van der Waals surface area contributed by atoms with E-state index in [-0.39, 0.29) is 17.7 Å². The van der Waals surface area contributed by atoms with Gasteiger partial charge in [-0.05, 0) is 48.5 Å². The molecule has 0 saturated heterocycles. The van der Waals surface area contributed by atoms with Crippen LogP contribution in [0, 0.1) is 11.6 Å². The van der Waals surface area contributed by atoms with Crippen molar-refractivity contribution in [3.8, 4) is 16.9 Å². The predicted molar refractivity (Wildman–Crippen MR) is 117 cm³/mol. The lowest BCUT2D eigenvalue weighted by Gasteiger charge is -2.07. The van der Waals surface area contributed by atoms with Crippen molar-refractivity contribution in [2.45, 2.75) is 6.54 Å². The largest absolute Gasteiger partial charge is 0.478 e. The van der Waals surface area contributed by atoms with Crippen LogP contribution in [0.4, 0.5) is 14.5 Å². The van der Waals surface area contributed by atoms with Gasteiger partial charge in [-0.1, -0.05) is 12.1 Å². The number of hydrogen-bond donors (Lipinski definition) is 3. The summed E-state index contributed by atoms with van der Waals surface area (Å²) in [6, 6.07) is 15.8. The van der Waals surface area contributed by atoms with Crippen LogP contribution in [0.25, 0.3) is 16.9 Å². The van der Waals surface area contributed by atoms with E-state index in [0.29, 0.717) is 28.2 Å². The molecule has 0 amide bonds. The van der Waals surface area contributed by atoms with E-state index in [1.165, 1.54) is 30.3 Å². The average molecular weight is 449 g/mol. The predicted octanol–water partition coefficient (Wildman–Crippen LogP) is 4.83. The van der Waals surface area contributed by atoms with E-state index in [4.69, 9.17) is 10.2 Å². The number of nitrogens with zero attached hydrogens (tertiary/aromatic N) is 2. The van der Waals surface area contributed by atoms with Gasteiger partial charge in [-0.2, -0.15) is 5.10 Å². The molecule has 0 bridgehead atoms. The Morgan fingerprint density at radius 3 is 2.03 bits per heavy atom. The Bertz CT molecular complexity index is 1330. The number of carboxylic acids is 2. The van der Waals surface area contributed by atoms with Gasteiger partial charge in [0.05, 0.1) is 22.5 Å². The summed E-state index contributed by atoms with van der Waals surface area (Å²) < 4.78 is 28.3. The Labute approximate surface area is 186 Å². The van der Waals surface area contributed by atoms with Crippen LogP contribution in [0.5, 0.6) is 0 Å². The van der Waals surface area contributed by atoms with E-state index in [2.05, 4.69) is 10.4 Å². The van der Waals surface area contributed by atoms with Crippen LogP contribution in [0.3, 0.4) is 0 Å². The summed E-state index contributed by atoms with van der Waals surface area (Å²) in [6.07, 6.45) is 1.73. The molecule has 0 atom stereocenters. The Hall–Kier alpha value is -4.53. The number of rotatable bonds is 7. The fourth-order valence-corrected chi connectivity index (χ4v) is 3.25. The fraction of sp³-hybridized carbons (Fsp3) is 0.0417. The van der Waals surface area contributed by atoms with Crippen molar-refractivity contribution >= 4 is 17.6 Å². The van der Waals surface area contributed by atoms with Gasteiger partial charge < -0.3 is 15.5 Å². The Morgan fingerprint density at radius 1 is 0.848 bits per heavy atom. The highest BCUT2D eigenvalue weighted by Gasteiger charge is 2.14. The summed E-state index contributed by atoms with van der Waals surface area (Å²) in [5.74, 6) is -4.01. The second kappa shape index (κ2) is 8.91. The van der Waals surface area contributed by atoms with Gasteiger partial charge >= 0.3 is 11.9 Å². The molecule has 33 heavy (non-hydrogen) atoms. The van der Waals surface area contributed by atoms with Crippen molar-refractivity contribution < 1.29 is 28.6 Å². The SMILES string of the molecule is O=C(O)c1ccc(-c2nn(-c3ccc(C(=O)O)cc3)cc2CNc2ccc(F)c(F)c2)cc1. The summed E-state index contributed by atoms with van der Waals surface area (Å²) in [5, 5.41) is 25.9. The molecular weight excluding hydrogens is 432 g/mol. The highest BCUT2D eigenvalue weighted by Crippen LogP contribution is 2.26. The molecule has 1 heterocycles. The van der Waals surface area contributed by atoms with Crippen LogP contribution in [-0.4, -0.2) is 31.9 Å². The number of anilines is 1. The molecule has 4 aromatic rings. The molecular formula is C24H17F2N3O4. The maximum absolute atomic E-state index is 13.5. The molecule has 0 spiro atoms. The maximum Gasteiger partial charge on any atom is 0.335 e. The van der Waals surface area contributed by atoms with Crippen molar-refractivity contribution in [1.82, 2.24) is 9.78 Å². The van der Waals surface area contributed by atoms with Crippen molar-refractivity contribution in [1.29, 1.82) is 0 Å². The number of nitrogens with one attached hydrogen (secondary N) is 1. The molecule has 1 aromatic heterocycles. The van der Waals surface area contributed by atoms with Crippen molar-refractivity contribution in [2.24, 2.45) is 0 Å². The third-order valence-electron chi connectivity index (χ3n) is 4.98. The third kappa shape index (κ3) is 4.72. The van der Waals surface area contributed by atoms with E-state index >= 15 is 0 Å². The minimum absolute atomic E-state index is 0.129. The standard InChI is InChI=1S/C24H17F2N3O4/c25-20-10-7-18(11-21(20)26)27-12-17-13-29(19-8-5-16(6-9-19)24(32)33)28-22(17)14-1-3-15(4-2-14)23(30)31/h1-11,13,27H,12H2,(H,30,31)(H,32,33). The zero-order chi connectivity index (χ0) is 23.5. The number of carboxylic acid groups (broad SMARTS) is 2. The van der Waals surface area contributed by atoms with Gasteiger partial charge in [0.15, 0.2) is 11.6 Å².